The average Bonchev–Trinajstić information content (AvgIpc) is 3.34. The molecule has 1 aromatic heterocycles. The number of benzene rings is 2. The van der Waals surface area contributed by atoms with Gasteiger partial charge in [-0.05, 0) is 37.1 Å². The summed E-state index contributed by atoms with van der Waals surface area (Å²) in [4.78, 5) is 26.9. The molecule has 2 aliphatic heterocycles. The first-order chi connectivity index (χ1) is 17.2. The molecular weight excluding hydrogens is 479 g/mol. The van der Waals surface area contributed by atoms with Crippen molar-refractivity contribution < 1.29 is 32.6 Å². The fraction of sp³-hybridized carbons (Fsp3) is 0.292. The van der Waals surface area contributed by atoms with Crippen molar-refractivity contribution in [1.82, 2.24) is 9.88 Å². The number of ether oxygens (including phenoxy) is 1. The number of nitrogens with zero attached hydrogens (tertiary/aromatic N) is 3. The number of carbonyl (C=O) groups excluding carboxylic acids is 1. The van der Waals surface area contributed by atoms with Crippen molar-refractivity contribution in [1.29, 1.82) is 0 Å². The number of aromatic amines is 1. The second-order valence-electron chi connectivity index (χ2n) is 8.51. The van der Waals surface area contributed by atoms with E-state index in [1.54, 1.807) is 29.2 Å². The van der Waals surface area contributed by atoms with Gasteiger partial charge in [0.15, 0.2) is 12.5 Å². The van der Waals surface area contributed by atoms with Gasteiger partial charge in [0, 0.05) is 35.6 Å². The molecule has 0 saturated carbocycles. The summed E-state index contributed by atoms with van der Waals surface area (Å²) < 4.78 is 42.4. The van der Waals surface area contributed by atoms with E-state index >= 15 is 0 Å². The van der Waals surface area contributed by atoms with E-state index in [0.717, 1.165) is 12.1 Å². The summed E-state index contributed by atoms with van der Waals surface area (Å²) in [5.41, 5.74) is 7.92. The van der Waals surface area contributed by atoms with Gasteiger partial charge >= 0.3 is 6.36 Å². The Bertz CT molecular complexity index is 1370. The number of alkyl halides is 3. The molecule has 0 spiro atoms. The molecule has 0 radical (unpaired) electrons. The number of hydrogen-bond donors (Lipinski definition) is 3. The number of fused-ring (bicyclic) bond motifs is 2. The molecule has 3 heterocycles. The zero-order valence-corrected chi connectivity index (χ0v) is 18.9. The van der Waals surface area contributed by atoms with Crippen LogP contribution in [0.25, 0.3) is 10.9 Å². The molecule has 9 nitrogen and oxygen atoms in total. The lowest BCUT2D eigenvalue weighted by atomic mass is 10.0. The summed E-state index contributed by atoms with van der Waals surface area (Å²) in [5, 5.41) is 15.1. The van der Waals surface area contributed by atoms with E-state index in [0.29, 0.717) is 42.7 Å². The van der Waals surface area contributed by atoms with Crippen molar-refractivity contribution in [2.75, 3.05) is 19.7 Å². The van der Waals surface area contributed by atoms with Crippen LogP contribution in [0, 0.1) is 0 Å². The largest absolute Gasteiger partial charge is 0.573 e. The number of para-hydroxylation sites is 1. The van der Waals surface area contributed by atoms with Crippen molar-refractivity contribution in [3.05, 3.63) is 53.6 Å². The molecular formula is C24H22F3N5O4. The van der Waals surface area contributed by atoms with E-state index in [1.807, 2.05) is 0 Å². The Hall–Kier alpha value is -4.06. The van der Waals surface area contributed by atoms with E-state index in [4.69, 9.17) is 10.6 Å². The highest BCUT2D eigenvalue weighted by Gasteiger charge is 2.33. The van der Waals surface area contributed by atoms with Gasteiger partial charge in [0.1, 0.15) is 17.2 Å². The van der Waals surface area contributed by atoms with E-state index in [1.165, 1.54) is 6.07 Å². The fourth-order valence-electron chi connectivity index (χ4n) is 4.32. The highest BCUT2D eigenvalue weighted by atomic mass is 19.4. The van der Waals surface area contributed by atoms with Crippen LogP contribution in [0.4, 0.5) is 18.9 Å². The minimum absolute atomic E-state index is 0.0786. The zero-order chi connectivity index (χ0) is 25.4. The maximum Gasteiger partial charge on any atom is 0.573 e. The number of amides is 1. The Balaban J connectivity index is 1.46. The minimum Gasteiger partial charge on any atom is -0.494 e. The smallest absolute Gasteiger partial charge is 0.494 e. The molecule has 4 N–H and O–H groups in total. The molecule has 1 amide bonds. The molecule has 1 fully saturated rings. The maximum absolute atomic E-state index is 12.8. The third-order valence-electron chi connectivity index (χ3n) is 6.07. The van der Waals surface area contributed by atoms with E-state index in [9.17, 15) is 23.1 Å². The number of aromatic hydroxyl groups is 1. The quantitative estimate of drug-likeness (QED) is 0.461. The Kier molecular flexibility index (Phi) is 6.04. The first kappa shape index (κ1) is 23.7. The molecule has 5 rings (SSSR count). The standard InChI is InChI=1S/C24H22F3N5O4/c25-24(26,27)36-14-5-6-18-16(11-14)20(23(34)30-18)22-21(15-3-1-2-4-17(15)29-22)31-35-12-19(33)32-9-7-13(28)8-10-32/h1-6,11,13,30,34H,7-10,12,28H2. The number of H-pyrrole nitrogens is 1. The lowest BCUT2D eigenvalue weighted by molar-refractivity contribution is -0.274. The summed E-state index contributed by atoms with van der Waals surface area (Å²) in [7, 11) is 0. The van der Waals surface area contributed by atoms with Gasteiger partial charge in [-0.15, -0.1) is 13.2 Å². The number of nitrogens with one attached hydrogen (secondary N) is 1. The number of likely N-dealkylation sites (tertiary alicyclic amines) is 1. The third kappa shape index (κ3) is 4.71. The minimum atomic E-state index is -4.88. The fourth-order valence-corrected chi connectivity index (χ4v) is 4.32. The highest BCUT2D eigenvalue weighted by Crippen LogP contribution is 2.37. The van der Waals surface area contributed by atoms with Crippen LogP contribution >= 0.6 is 0 Å². The van der Waals surface area contributed by atoms with E-state index in [2.05, 4.69) is 19.9 Å². The Morgan fingerprint density at radius 1 is 1.22 bits per heavy atom. The molecule has 2 aliphatic rings. The predicted molar refractivity (Wildman–Crippen MR) is 126 cm³/mol. The summed E-state index contributed by atoms with van der Waals surface area (Å²) in [6, 6.07) is 10.7. The van der Waals surface area contributed by atoms with Crippen molar-refractivity contribution in [3.63, 3.8) is 0 Å². The number of piperidine rings is 1. The summed E-state index contributed by atoms with van der Waals surface area (Å²) in [5.74, 6) is -0.998. The molecule has 0 unspecified atom stereocenters. The lowest BCUT2D eigenvalue weighted by Gasteiger charge is -2.29. The van der Waals surface area contributed by atoms with Crippen molar-refractivity contribution >= 4 is 33.9 Å². The van der Waals surface area contributed by atoms with Crippen molar-refractivity contribution in [3.8, 4) is 11.6 Å². The number of aromatic nitrogens is 1. The molecule has 3 aromatic rings. The van der Waals surface area contributed by atoms with E-state index < -0.39 is 12.1 Å². The summed E-state index contributed by atoms with van der Waals surface area (Å²) in [6.45, 7) is 0.777. The normalized spacial score (nSPS) is 17.4. The average molecular weight is 501 g/mol. The third-order valence-corrected chi connectivity index (χ3v) is 6.07. The Labute approximate surface area is 203 Å². The lowest BCUT2D eigenvalue weighted by Crippen LogP contribution is -2.44. The Morgan fingerprint density at radius 2 is 1.97 bits per heavy atom. The van der Waals surface area contributed by atoms with Gasteiger partial charge in [-0.1, -0.05) is 23.4 Å². The van der Waals surface area contributed by atoms with Gasteiger partial charge in [0.2, 0.25) is 0 Å². The number of oxime groups is 1. The first-order valence-corrected chi connectivity index (χ1v) is 11.2. The van der Waals surface area contributed by atoms with Crippen LogP contribution in [-0.2, 0) is 9.63 Å². The van der Waals surface area contributed by atoms with Gasteiger partial charge in [0.05, 0.1) is 11.3 Å². The summed E-state index contributed by atoms with van der Waals surface area (Å²) >= 11 is 0. The second-order valence-corrected chi connectivity index (χ2v) is 8.51. The van der Waals surface area contributed by atoms with Gasteiger partial charge in [-0.25, -0.2) is 4.99 Å². The van der Waals surface area contributed by atoms with Gasteiger partial charge in [-0.2, -0.15) is 0 Å². The Morgan fingerprint density at radius 3 is 2.72 bits per heavy atom. The van der Waals surface area contributed by atoms with Crippen LogP contribution in [0.2, 0.25) is 0 Å². The molecule has 0 bridgehead atoms. The molecule has 188 valence electrons. The first-order valence-electron chi connectivity index (χ1n) is 11.2. The molecule has 1 saturated heterocycles. The number of rotatable bonds is 5. The monoisotopic (exact) mass is 501 g/mol. The topological polar surface area (TPSA) is 126 Å². The maximum atomic E-state index is 12.8. The molecule has 36 heavy (non-hydrogen) atoms. The highest BCUT2D eigenvalue weighted by molar-refractivity contribution is 6.58. The number of hydrogen-bond acceptors (Lipinski definition) is 7. The molecule has 0 atom stereocenters. The summed E-state index contributed by atoms with van der Waals surface area (Å²) in [6.07, 6.45) is -3.45. The molecule has 2 aromatic carbocycles. The van der Waals surface area contributed by atoms with Crippen molar-refractivity contribution in [2.24, 2.45) is 15.9 Å². The number of aliphatic imine (C=N–C) groups is 1. The van der Waals surface area contributed by atoms with Crippen LogP contribution in [0.5, 0.6) is 11.6 Å². The van der Waals surface area contributed by atoms with Gasteiger partial charge < -0.3 is 30.3 Å². The van der Waals surface area contributed by atoms with Crippen LogP contribution in [0.3, 0.4) is 0 Å². The van der Waals surface area contributed by atoms with Crippen LogP contribution in [0.15, 0.2) is 52.6 Å². The van der Waals surface area contributed by atoms with Gasteiger partial charge in [0.25, 0.3) is 5.91 Å². The molecule has 0 aliphatic carbocycles. The van der Waals surface area contributed by atoms with Crippen LogP contribution < -0.4 is 10.5 Å². The van der Waals surface area contributed by atoms with Crippen molar-refractivity contribution in [2.45, 2.75) is 25.2 Å². The SMILES string of the molecule is NC1CCN(C(=O)CON=C2C(c3c(O)[nH]c4ccc(OC(F)(F)F)cc34)=Nc3ccccc32)CC1. The van der Waals surface area contributed by atoms with Crippen LogP contribution in [-0.4, -0.2) is 64.4 Å². The second kappa shape index (κ2) is 9.19. The van der Waals surface area contributed by atoms with E-state index in [-0.39, 0.29) is 46.8 Å². The number of carbonyl (C=O) groups is 1. The van der Waals surface area contributed by atoms with Gasteiger partial charge in [-0.3, -0.25) is 4.79 Å². The predicted octanol–water partition coefficient (Wildman–Crippen LogP) is 3.58. The molecule has 12 heteroatoms. The number of nitrogens with two attached hydrogens (primary N) is 1. The van der Waals surface area contributed by atoms with Crippen LogP contribution in [0.1, 0.15) is 24.0 Å². The number of halogens is 3. The zero-order valence-electron chi connectivity index (χ0n) is 18.9.